The van der Waals surface area contributed by atoms with E-state index in [-0.39, 0.29) is 29.5 Å². The van der Waals surface area contributed by atoms with Gasteiger partial charge in [-0.2, -0.15) is 0 Å². The van der Waals surface area contributed by atoms with Crippen molar-refractivity contribution < 1.29 is 14.3 Å². The molecule has 1 fully saturated rings. The van der Waals surface area contributed by atoms with E-state index in [1.807, 2.05) is 0 Å². The molecular formula is C25H24ClN3O4. The van der Waals surface area contributed by atoms with Gasteiger partial charge in [0.2, 0.25) is 0 Å². The predicted octanol–water partition coefficient (Wildman–Crippen LogP) is 3.58. The van der Waals surface area contributed by atoms with Crippen LogP contribution in [0.3, 0.4) is 0 Å². The van der Waals surface area contributed by atoms with Crippen LogP contribution < -0.4 is 20.9 Å². The van der Waals surface area contributed by atoms with Crippen molar-refractivity contribution in [2.75, 3.05) is 7.11 Å². The van der Waals surface area contributed by atoms with E-state index in [0.717, 1.165) is 19.3 Å². The molecule has 1 heterocycles. The molecule has 1 saturated carbocycles. The molecule has 1 aliphatic rings. The second-order valence-corrected chi connectivity index (χ2v) is 8.33. The van der Waals surface area contributed by atoms with Gasteiger partial charge < -0.3 is 15.4 Å². The highest BCUT2D eigenvalue weighted by molar-refractivity contribution is 6.30. The molecule has 0 spiro atoms. The van der Waals surface area contributed by atoms with Crippen molar-refractivity contribution in [2.45, 2.75) is 31.3 Å². The third kappa shape index (κ3) is 5.09. The van der Waals surface area contributed by atoms with Crippen LogP contribution in [0, 0.1) is 0 Å². The number of hydrogen-bond donors (Lipinski definition) is 2. The van der Waals surface area contributed by atoms with Crippen molar-refractivity contribution in [3.05, 3.63) is 93.4 Å². The fourth-order valence-electron chi connectivity index (χ4n) is 4.07. The van der Waals surface area contributed by atoms with Gasteiger partial charge in [-0.15, -0.1) is 0 Å². The largest absolute Gasteiger partial charge is 0.496 e. The van der Waals surface area contributed by atoms with Gasteiger partial charge in [-0.25, -0.2) is 0 Å². The van der Waals surface area contributed by atoms with E-state index in [2.05, 4.69) is 10.6 Å². The van der Waals surface area contributed by atoms with Crippen molar-refractivity contribution in [1.29, 1.82) is 0 Å². The van der Waals surface area contributed by atoms with Gasteiger partial charge in [0.05, 0.1) is 12.7 Å². The molecule has 0 unspecified atom stereocenters. The van der Waals surface area contributed by atoms with Crippen LogP contribution in [0.4, 0.5) is 0 Å². The van der Waals surface area contributed by atoms with Gasteiger partial charge in [0.15, 0.2) is 0 Å². The number of halogens is 1. The normalized spacial score (nSPS) is 17.4. The lowest BCUT2D eigenvalue weighted by atomic mass is 10.1. The molecule has 2 atom stereocenters. The zero-order chi connectivity index (χ0) is 23.4. The Balaban J connectivity index is 1.42. The predicted molar refractivity (Wildman–Crippen MR) is 126 cm³/mol. The Bertz CT molecular complexity index is 1220. The molecule has 0 aliphatic heterocycles. The minimum atomic E-state index is -0.271. The summed E-state index contributed by atoms with van der Waals surface area (Å²) in [5.41, 5.74) is 1.42. The van der Waals surface area contributed by atoms with Gasteiger partial charge in [0.1, 0.15) is 5.75 Å². The summed E-state index contributed by atoms with van der Waals surface area (Å²) in [5.74, 6) is -0.0966. The number of hydrogen-bond acceptors (Lipinski definition) is 4. The van der Waals surface area contributed by atoms with E-state index in [4.69, 9.17) is 16.3 Å². The first kappa shape index (κ1) is 22.6. The molecule has 4 rings (SSSR count). The molecule has 3 aromatic rings. The number of benzene rings is 2. The molecule has 0 saturated heterocycles. The molecule has 2 aromatic carbocycles. The quantitative estimate of drug-likeness (QED) is 0.582. The number of nitrogens with zero attached hydrogens (tertiary/aromatic N) is 1. The number of carbonyl (C=O) groups excluding carboxylic acids is 2. The van der Waals surface area contributed by atoms with Crippen LogP contribution in [0.5, 0.6) is 5.75 Å². The molecule has 1 aliphatic carbocycles. The van der Waals surface area contributed by atoms with Gasteiger partial charge >= 0.3 is 0 Å². The van der Waals surface area contributed by atoms with Gasteiger partial charge in [0.25, 0.3) is 17.4 Å². The molecule has 0 radical (unpaired) electrons. The number of aromatic nitrogens is 1. The number of pyridine rings is 1. The van der Waals surface area contributed by atoms with Gasteiger partial charge in [0, 0.05) is 40.6 Å². The maximum absolute atomic E-state index is 12.8. The SMILES string of the molecule is COc1cc(Cl)ccc1C(=O)N[C@@H]1CCC[C@@H]1NC(=O)c1ccc(-n2ccccc2=O)cc1. The highest BCUT2D eigenvalue weighted by Gasteiger charge is 2.31. The molecule has 1 aromatic heterocycles. The molecule has 7 nitrogen and oxygen atoms in total. The summed E-state index contributed by atoms with van der Waals surface area (Å²) in [6, 6.07) is 16.3. The van der Waals surface area contributed by atoms with Crippen LogP contribution in [0.25, 0.3) is 5.69 Å². The number of nitrogens with one attached hydrogen (secondary N) is 2. The van der Waals surface area contributed by atoms with Crippen molar-refractivity contribution in [2.24, 2.45) is 0 Å². The van der Waals surface area contributed by atoms with E-state index in [9.17, 15) is 14.4 Å². The molecule has 170 valence electrons. The van der Waals surface area contributed by atoms with Crippen molar-refractivity contribution in [3.63, 3.8) is 0 Å². The first-order chi connectivity index (χ1) is 16.0. The minimum Gasteiger partial charge on any atom is -0.496 e. The number of methoxy groups -OCH3 is 1. The van der Waals surface area contributed by atoms with E-state index in [1.165, 1.54) is 17.7 Å². The van der Waals surface area contributed by atoms with Crippen molar-refractivity contribution >= 4 is 23.4 Å². The maximum Gasteiger partial charge on any atom is 0.255 e. The summed E-state index contributed by atoms with van der Waals surface area (Å²) in [6.07, 6.45) is 4.11. The molecule has 33 heavy (non-hydrogen) atoms. The lowest BCUT2D eigenvalue weighted by molar-refractivity contribution is 0.0890. The summed E-state index contributed by atoms with van der Waals surface area (Å²) >= 11 is 5.99. The van der Waals surface area contributed by atoms with E-state index in [1.54, 1.807) is 60.8 Å². The number of rotatable bonds is 6. The average Bonchev–Trinajstić information content (AvgIpc) is 3.25. The zero-order valence-corrected chi connectivity index (χ0v) is 18.8. The minimum absolute atomic E-state index is 0.142. The highest BCUT2D eigenvalue weighted by Crippen LogP contribution is 2.25. The monoisotopic (exact) mass is 465 g/mol. The summed E-state index contributed by atoms with van der Waals surface area (Å²) < 4.78 is 6.78. The second kappa shape index (κ2) is 9.92. The molecule has 2 N–H and O–H groups in total. The Morgan fingerprint density at radius 3 is 2.33 bits per heavy atom. The first-order valence-electron chi connectivity index (χ1n) is 10.7. The number of ether oxygens (including phenoxy) is 1. The Morgan fingerprint density at radius 1 is 0.970 bits per heavy atom. The van der Waals surface area contributed by atoms with E-state index in [0.29, 0.717) is 27.6 Å². The Morgan fingerprint density at radius 2 is 1.67 bits per heavy atom. The summed E-state index contributed by atoms with van der Waals surface area (Å²) in [4.78, 5) is 37.6. The van der Waals surface area contributed by atoms with E-state index >= 15 is 0 Å². The first-order valence-corrected chi connectivity index (χ1v) is 11.1. The fraction of sp³-hybridized carbons (Fsp3) is 0.240. The van der Waals surface area contributed by atoms with Crippen LogP contribution >= 0.6 is 11.6 Å². The topological polar surface area (TPSA) is 89.4 Å². The van der Waals surface area contributed by atoms with Crippen molar-refractivity contribution in [3.8, 4) is 11.4 Å². The summed E-state index contributed by atoms with van der Waals surface area (Å²) in [5, 5.41) is 6.54. The Labute approximate surface area is 196 Å². The number of amides is 2. The second-order valence-electron chi connectivity index (χ2n) is 7.89. The maximum atomic E-state index is 12.8. The molecular weight excluding hydrogens is 442 g/mol. The molecule has 0 bridgehead atoms. The van der Waals surface area contributed by atoms with E-state index < -0.39 is 0 Å². The van der Waals surface area contributed by atoms with Crippen LogP contribution in [0.2, 0.25) is 5.02 Å². The van der Waals surface area contributed by atoms with Crippen LogP contribution in [0.1, 0.15) is 40.0 Å². The Kier molecular flexibility index (Phi) is 6.79. The third-order valence-corrected chi connectivity index (χ3v) is 6.02. The third-order valence-electron chi connectivity index (χ3n) is 5.79. The smallest absolute Gasteiger partial charge is 0.255 e. The van der Waals surface area contributed by atoms with Crippen LogP contribution in [-0.2, 0) is 0 Å². The van der Waals surface area contributed by atoms with Gasteiger partial charge in [-0.05, 0) is 67.8 Å². The lowest BCUT2D eigenvalue weighted by Crippen LogP contribution is -2.48. The standard InChI is InChI=1S/C25H24ClN3O4/c1-33-22-15-17(26)10-13-19(22)25(32)28-21-6-4-5-20(21)27-24(31)16-8-11-18(12-9-16)29-14-3-2-7-23(29)30/h2-3,7-15,20-21H,4-6H2,1H3,(H,27,31)(H,28,32)/t20-,21+/m0/s1. The Hall–Kier alpha value is -3.58. The lowest BCUT2D eigenvalue weighted by Gasteiger charge is -2.23. The van der Waals surface area contributed by atoms with Gasteiger partial charge in [-0.1, -0.05) is 17.7 Å². The van der Waals surface area contributed by atoms with Crippen LogP contribution in [0.15, 0.2) is 71.7 Å². The average molecular weight is 466 g/mol. The van der Waals surface area contributed by atoms with Gasteiger partial charge in [-0.3, -0.25) is 19.0 Å². The van der Waals surface area contributed by atoms with Crippen molar-refractivity contribution in [1.82, 2.24) is 15.2 Å². The summed E-state index contributed by atoms with van der Waals surface area (Å²) in [7, 11) is 1.49. The van der Waals surface area contributed by atoms with Crippen LogP contribution in [-0.4, -0.2) is 35.6 Å². The molecule has 8 heteroatoms. The fourth-order valence-corrected chi connectivity index (χ4v) is 4.23. The zero-order valence-electron chi connectivity index (χ0n) is 18.1. The summed E-state index contributed by atoms with van der Waals surface area (Å²) in [6.45, 7) is 0. The number of carbonyl (C=O) groups is 2. The molecule has 2 amide bonds. The highest BCUT2D eigenvalue weighted by atomic mass is 35.5.